The Labute approximate surface area is 221 Å². The summed E-state index contributed by atoms with van der Waals surface area (Å²) in [6.45, 7) is 6.53. The third-order valence-corrected chi connectivity index (χ3v) is 6.10. The predicted octanol–water partition coefficient (Wildman–Crippen LogP) is 4.46. The van der Waals surface area contributed by atoms with Crippen LogP contribution in [0, 0.1) is 5.82 Å². The van der Waals surface area contributed by atoms with Gasteiger partial charge in [0.05, 0.1) is 18.4 Å². The number of likely N-dealkylation sites (N-methyl/N-ethyl adjacent to an activating group) is 1. The Morgan fingerprint density at radius 1 is 1.16 bits per heavy atom. The second-order valence-corrected chi connectivity index (χ2v) is 10.6. The van der Waals surface area contributed by atoms with Crippen LogP contribution >= 0.6 is 0 Å². The molecule has 0 unspecified atom stereocenters. The van der Waals surface area contributed by atoms with Crippen LogP contribution < -0.4 is 10.1 Å². The Bertz CT molecular complexity index is 1290. The number of aromatic nitrogens is 2. The number of nitrogens with zero attached hydrogens (tertiary/aromatic N) is 3. The van der Waals surface area contributed by atoms with Gasteiger partial charge in [-0.1, -0.05) is 12.1 Å². The standard InChI is InChI=1S/C28H34FN5O4/c1-28(2,3)38-27(36)34-17-19-6-8-22(29)12-20(19)13-24(34)26(35)32-23-9-7-18(21-15-30-31-16-21)14-25(23)37-11-10-33(4)5/h6-9,12,14-16,24H,10-11,13,17H2,1-5H3,(H,30,31)(H,32,35)/t24-/m1/s1. The number of nitrogens with one attached hydrogen (secondary N) is 2. The number of rotatable bonds is 7. The normalized spacial score (nSPS) is 15.2. The van der Waals surface area contributed by atoms with Crippen LogP contribution in [0.15, 0.2) is 48.8 Å². The van der Waals surface area contributed by atoms with Crippen molar-refractivity contribution >= 4 is 17.7 Å². The van der Waals surface area contributed by atoms with Gasteiger partial charge in [0.15, 0.2) is 0 Å². The lowest BCUT2D eigenvalue weighted by Gasteiger charge is -2.37. The van der Waals surface area contributed by atoms with E-state index in [1.54, 1.807) is 45.3 Å². The Morgan fingerprint density at radius 3 is 2.63 bits per heavy atom. The number of ether oxygens (including phenoxy) is 2. The molecule has 0 radical (unpaired) electrons. The highest BCUT2D eigenvalue weighted by molar-refractivity contribution is 5.98. The van der Waals surface area contributed by atoms with E-state index in [1.807, 2.05) is 31.1 Å². The minimum Gasteiger partial charge on any atom is -0.490 e. The molecule has 0 saturated carbocycles. The lowest BCUT2D eigenvalue weighted by Crippen LogP contribution is -2.52. The summed E-state index contributed by atoms with van der Waals surface area (Å²) < 4.78 is 25.6. The Kier molecular flexibility index (Phi) is 8.01. The maximum Gasteiger partial charge on any atom is 0.411 e. The molecule has 1 atom stereocenters. The minimum atomic E-state index is -0.901. The summed E-state index contributed by atoms with van der Waals surface area (Å²) in [5.74, 6) is -0.315. The summed E-state index contributed by atoms with van der Waals surface area (Å²) in [6, 6.07) is 8.97. The first-order chi connectivity index (χ1) is 18.0. The number of carbonyl (C=O) groups excluding carboxylic acids is 2. The smallest absolute Gasteiger partial charge is 0.411 e. The van der Waals surface area contributed by atoms with Crippen molar-refractivity contribution in [2.24, 2.45) is 0 Å². The second kappa shape index (κ2) is 11.2. The fourth-order valence-electron chi connectivity index (χ4n) is 4.19. The van der Waals surface area contributed by atoms with E-state index in [2.05, 4.69) is 15.5 Å². The van der Waals surface area contributed by atoms with E-state index < -0.39 is 23.6 Å². The zero-order valence-electron chi connectivity index (χ0n) is 22.4. The molecule has 0 spiro atoms. The van der Waals surface area contributed by atoms with Gasteiger partial charge in [0.2, 0.25) is 5.91 Å². The van der Waals surface area contributed by atoms with Gasteiger partial charge in [-0.15, -0.1) is 0 Å². The molecule has 1 aliphatic heterocycles. The fourth-order valence-corrected chi connectivity index (χ4v) is 4.19. The highest BCUT2D eigenvalue weighted by Crippen LogP contribution is 2.32. The van der Waals surface area contributed by atoms with Gasteiger partial charge in [0.1, 0.15) is 29.8 Å². The maximum absolute atomic E-state index is 14.0. The van der Waals surface area contributed by atoms with Gasteiger partial charge in [-0.3, -0.25) is 14.8 Å². The number of H-pyrrole nitrogens is 1. The highest BCUT2D eigenvalue weighted by atomic mass is 19.1. The van der Waals surface area contributed by atoms with Crippen molar-refractivity contribution in [3.05, 3.63) is 65.7 Å². The van der Waals surface area contributed by atoms with Gasteiger partial charge >= 0.3 is 6.09 Å². The van der Waals surface area contributed by atoms with E-state index in [4.69, 9.17) is 9.47 Å². The SMILES string of the molecule is CN(C)CCOc1cc(-c2cn[nH]c2)ccc1NC(=O)[C@H]1Cc2cc(F)ccc2CN1C(=O)OC(C)(C)C. The molecule has 1 aromatic heterocycles. The summed E-state index contributed by atoms with van der Waals surface area (Å²) in [6.07, 6.45) is 3.02. The van der Waals surface area contributed by atoms with E-state index in [0.29, 0.717) is 30.2 Å². The summed E-state index contributed by atoms with van der Waals surface area (Å²) in [7, 11) is 3.89. The molecule has 202 valence electrons. The molecular weight excluding hydrogens is 489 g/mol. The molecule has 10 heteroatoms. The molecule has 2 N–H and O–H groups in total. The Morgan fingerprint density at radius 2 is 1.95 bits per heavy atom. The molecule has 2 amide bonds. The number of hydrogen-bond donors (Lipinski definition) is 2. The monoisotopic (exact) mass is 523 g/mol. The molecule has 2 aromatic carbocycles. The van der Waals surface area contributed by atoms with Crippen LogP contribution in [0.2, 0.25) is 0 Å². The number of halogens is 1. The number of fused-ring (bicyclic) bond motifs is 1. The zero-order chi connectivity index (χ0) is 27.4. The van der Waals surface area contributed by atoms with E-state index in [0.717, 1.165) is 16.7 Å². The molecule has 0 bridgehead atoms. The van der Waals surface area contributed by atoms with Gasteiger partial charge in [-0.05, 0) is 75.8 Å². The topological polar surface area (TPSA) is 99.8 Å². The molecule has 0 fully saturated rings. The molecule has 38 heavy (non-hydrogen) atoms. The summed E-state index contributed by atoms with van der Waals surface area (Å²) in [5.41, 5.74) is 2.94. The molecular formula is C28H34FN5O4. The van der Waals surface area contributed by atoms with E-state index in [9.17, 15) is 14.0 Å². The van der Waals surface area contributed by atoms with E-state index >= 15 is 0 Å². The summed E-state index contributed by atoms with van der Waals surface area (Å²) >= 11 is 0. The molecule has 4 rings (SSSR count). The predicted molar refractivity (Wildman–Crippen MR) is 142 cm³/mol. The molecule has 0 saturated heterocycles. The van der Waals surface area contributed by atoms with Crippen LogP contribution in [-0.2, 0) is 22.5 Å². The van der Waals surface area contributed by atoms with Crippen molar-refractivity contribution < 1.29 is 23.5 Å². The first-order valence-electron chi connectivity index (χ1n) is 12.5. The number of carbonyl (C=O) groups is 2. The van der Waals surface area contributed by atoms with Crippen molar-refractivity contribution in [2.45, 2.75) is 45.4 Å². The van der Waals surface area contributed by atoms with Crippen LogP contribution in [0.3, 0.4) is 0 Å². The number of anilines is 1. The van der Waals surface area contributed by atoms with E-state index in [1.165, 1.54) is 17.0 Å². The zero-order valence-corrected chi connectivity index (χ0v) is 22.4. The molecule has 3 aromatic rings. The summed E-state index contributed by atoms with van der Waals surface area (Å²) in [5, 5.41) is 9.74. The van der Waals surface area contributed by atoms with Crippen molar-refractivity contribution in [3.8, 4) is 16.9 Å². The minimum absolute atomic E-state index is 0.133. The average Bonchev–Trinajstić information content (AvgIpc) is 3.38. The lowest BCUT2D eigenvalue weighted by atomic mass is 9.93. The largest absolute Gasteiger partial charge is 0.490 e. The van der Waals surface area contributed by atoms with Crippen molar-refractivity contribution in [3.63, 3.8) is 0 Å². The first kappa shape index (κ1) is 27.1. The van der Waals surface area contributed by atoms with Crippen molar-refractivity contribution in [1.82, 2.24) is 20.0 Å². The number of benzene rings is 2. The highest BCUT2D eigenvalue weighted by Gasteiger charge is 2.37. The Hall–Kier alpha value is -3.92. The van der Waals surface area contributed by atoms with Gasteiger partial charge in [0.25, 0.3) is 0 Å². The van der Waals surface area contributed by atoms with Gasteiger partial charge in [0, 0.05) is 24.7 Å². The molecule has 1 aliphatic rings. The average molecular weight is 524 g/mol. The first-order valence-corrected chi connectivity index (χ1v) is 12.5. The van der Waals surface area contributed by atoms with Crippen LogP contribution in [0.25, 0.3) is 11.1 Å². The number of hydrogen-bond acceptors (Lipinski definition) is 6. The second-order valence-electron chi connectivity index (χ2n) is 10.6. The molecule has 0 aliphatic carbocycles. The quantitative estimate of drug-likeness (QED) is 0.475. The van der Waals surface area contributed by atoms with E-state index in [-0.39, 0.29) is 18.8 Å². The van der Waals surface area contributed by atoms with Gasteiger partial charge in [-0.25, -0.2) is 9.18 Å². The third kappa shape index (κ3) is 6.69. The van der Waals surface area contributed by atoms with Crippen LogP contribution in [-0.4, -0.2) is 70.9 Å². The van der Waals surface area contributed by atoms with Crippen LogP contribution in [0.1, 0.15) is 31.9 Å². The van der Waals surface area contributed by atoms with Crippen molar-refractivity contribution in [1.29, 1.82) is 0 Å². The fraction of sp³-hybridized carbons (Fsp3) is 0.393. The van der Waals surface area contributed by atoms with Crippen LogP contribution in [0.5, 0.6) is 5.75 Å². The van der Waals surface area contributed by atoms with Gasteiger partial charge in [-0.2, -0.15) is 5.10 Å². The maximum atomic E-state index is 14.0. The van der Waals surface area contributed by atoms with Crippen molar-refractivity contribution in [2.75, 3.05) is 32.6 Å². The number of amides is 2. The Balaban J connectivity index is 1.62. The lowest BCUT2D eigenvalue weighted by molar-refractivity contribution is -0.121. The molecule has 2 heterocycles. The molecule has 9 nitrogen and oxygen atoms in total. The third-order valence-electron chi connectivity index (χ3n) is 6.10. The van der Waals surface area contributed by atoms with Gasteiger partial charge < -0.3 is 19.7 Å². The van der Waals surface area contributed by atoms with Crippen LogP contribution in [0.4, 0.5) is 14.9 Å². The number of aromatic amines is 1. The summed E-state index contributed by atoms with van der Waals surface area (Å²) in [4.78, 5) is 30.2.